The first-order valence-electron chi connectivity index (χ1n) is 8.28. The molecule has 3 rings (SSSR count). The van der Waals surface area contributed by atoms with Crippen LogP contribution in [0.15, 0.2) is 18.2 Å². The number of amides is 1. The van der Waals surface area contributed by atoms with Crippen molar-refractivity contribution in [1.82, 2.24) is 4.90 Å². The van der Waals surface area contributed by atoms with Crippen molar-refractivity contribution >= 4 is 17.7 Å². The predicted molar refractivity (Wildman–Crippen MR) is 88.0 cm³/mol. The zero-order valence-electron chi connectivity index (χ0n) is 14.3. The molecule has 0 saturated carbocycles. The van der Waals surface area contributed by atoms with E-state index >= 15 is 0 Å². The second-order valence-corrected chi connectivity index (χ2v) is 6.60. The van der Waals surface area contributed by atoms with Gasteiger partial charge in [-0.1, -0.05) is 0 Å². The number of carboxylic acid groups (broad SMARTS) is 1. The third-order valence-electron chi connectivity index (χ3n) is 5.05. The largest absolute Gasteiger partial charge is 0.497 e. The molecule has 1 aromatic rings. The lowest BCUT2D eigenvalue weighted by Gasteiger charge is -2.37. The minimum absolute atomic E-state index is 0.0314. The first kappa shape index (κ1) is 17.3. The van der Waals surface area contributed by atoms with E-state index in [2.05, 4.69) is 0 Å². The van der Waals surface area contributed by atoms with E-state index in [1.807, 2.05) is 0 Å². The average molecular weight is 347 g/mol. The standard InChI is InChI=1S/C18H21NO6/c1-11(17(22)23)19-8-7-18(6-5-16(19)21)10-14(20)13-4-3-12(24-2)9-15(13)25-18/h3-4,9,11H,5-8,10H2,1-2H3,(H,22,23). The summed E-state index contributed by atoms with van der Waals surface area (Å²) in [5.74, 6) is -0.243. The summed E-state index contributed by atoms with van der Waals surface area (Å²) < 4.78 is 11.4. The zero-order valence-corrected chi connectivity index (χ0v) is 14.3. The van der Waals surface area contributed by atoms with E-state index in [9.17, 15) is 19.5 Å². The van der Waals surface area contributed by atoms with Gasteiger partial charge in [0, 0.05) is 25.5 Å². The van der Waals surface area contributed by atoms with E-state index in [0.717, 1.165) is 0 Å². The number of benzene rings is 1. The number of rotatable bonds is 3. The van der Waals surface area contributed by atoms with E-state index in [1.54, 1.807) is 18.2 Å². The maximum absolute atomic E-state index is 12.6. The van der Waals surface area contributed by atoms with Crippen LogP contribution < -0.4 is 9.47 Å². The number of fused-ring (bicyclic) bond motifs is 1. The first-order valence-corrected chi connectivity index (χ1v) is 8.28. The maximum atomic E-state index is 12.6. The van der Waals surface area contributed by atoms with Crippen LogP contribution in [0.2, 0.25) is 0 Å². The van der Waals surface area contributed by atoms with E-state index < -0.39 is 17.6 Å². The van der Waals surface area contributed by atoms with Crippen molar-refractivity contribution in [2.45, 2.75) is 44.2 Å². The Bertz CT molecular complexity index is 730. The Balaban J connectivity index is 1.86. The summed E-state index contributed by atoms with van der Waals surface area (Å²) in [7, 11) is 1.54. The lowest BCUT2D eigenvalue weighted by atomic mass is 9.84. The van der Waals surface area contributed by atoms with Gasteiger partial charge in [-0.15, -0.1) is 0 Å². The number of likely N-dealkylation sites (tertiary alicyclic amines) is 1. The number of ketones is 1. The number of ether oxygens (including phenoxy) is 2. The highest BCUT2D eigenvalue weighted by Gasteiger charge is 2.44. The number of methoxy groups -OCH3 is 1. The van der Waals surface area contributed by atoms with Gasteiger partial charge in [-0.25, -0.2) is 4.79 Å². The van der Waals surface area contributed by atoms with Crippen molar-refractivity contribution in [2.75, 3.05) is 13.7 Å². The van der Waals surface area contributed by atoms with Gasteiger partial charge in [0.05, 0.1) is 19.1 Å². The van der Waals surface area contributed by atoms with Crippen LogP contribution >= 0.6 is 0 Å². The number of carbonyl (C=O) groups is 3. The quantitative estimate of drug-likeness (QED) is 0.897. The topological polar surface area (TPSA) is 93.1 Å². The lowest BCUT2D eigenvalue weighted by Crippen LogP contribution is -2.45. The predicted octanol–water partition coefficient (Wildman–Crippen LogP) is 1.88. The van der Waals surface area contributed by atoms with Crippen LogP contribution in [0.4, 0.5) is 0 Å². The molecule has 1 N–H and O–H groups in total. The van der Waals surface area contributed by atoms with Gasteiger partial charge >= 0.3 is 5.97 Å². The van der Waals surface area contributed by atoms with Crippen LogP contribution in [-0.4, -0.2) is 53.0 Å². The molecule has 1 spiro atoms. The van der Waals surface area contributed by atoms with E-state index in [1.165, 1.54) is 18.9 Å². The fourth-order valence-electron chi connectivity index (χ4n) is 3.48. The Morgan fingerprint density at radius 2 is 2.12 bits per heavy atom. The molecule has 0 aromatic heterocycles. The zero-order chi connectivity index (χ0) is 18.2. The van der Waals surface area contributed by atoms with Crippen LogP contribution in [0, 0.1) is 0 Å². The number of nitrogens with zero attached hydrogens (tertiary/aromatic N) is 1. The summed E-state index contributed by atoms with van der Waals surface area (Å²) in [5.41, 5.74) is -0.267. The molecule has 0 aliphatic carbocycles. The van der Waals surface area contributed by atoms with Gasteiger partial charge in [0.2, 0.25) is 5.91 Å². The fourth-order valence-corrected chi connectivity index (χ4v) is 3.48. The number of carbonyl (C=O) groups excluding carboxylic acids is 2. The first-order chi connectivity index (χ1) is 11.8. The van der Waals surface area contributed by atoms with Gasteiger partial charge in [-0.05, 0) is 25.5 Å². The molecule has 2 heterocycles. The second-order valence-electron chi connectivity index (χ2n) is 6.60. The lowest BCUT2D eigenvalue weighted by molar-refractivity contribution is -0.149. The molecule has 1 saturated heterocycles. The molecule has 0 radical (unpaired) electrons. The smallest absolute Gasteiger partial charge is 0.326 e. The van der Waals surface area contributed by atoms with Gasteiger partial charge in [0.15, 0.2) is 5.78 Å². The van der Waals surface area contributed by atoms with Gasteiger partial charge in [-0.3, -0.25) is 9.59 Å². The number of hydrogen-bond donors (Lipinski definition) is 1. The van der Waals surface area contributed by atoms with E-state index in [0.29, 0.717) is 29.9 Å². The monoisotopic (exact) mass is 347 g/mol. The summed E-state index contributed by atoms with van der Waals surface area (Å²) in [5, 5.41) is 9.18. The van der Waals surface area contributed by atoms with E-state index in [-0.39, 0.29) is 31.1 Å². The Labute approximate surface area is 145 Å². The Morgan fingerprint density at radius 3 is 2.80 bits per heavy atom. The Morgan fingerprint density at radius 1 is 1.36 bits per heavy atom. The van der Waals surface area contributed by atoms with Crippen molar-refractivity contribution in [3.05, 3.63) is 23.8 Å². The highest BCUT2D eigenvalue weighted by Crippen LogP contribution is 2.41. The highest BCUT2D eigenvalue weighted by atomic mass is 16.5. The molecule has 0 bridgehead atoms. The summed E-state index contributed by atoms with van der Waals surface area (Å²) in [6, 6.07) is 4.18. The molecule has 7 nitrogen and oxygen atoms in total. The number of Topliss-reactive ketones (excluding diaryl/α,β-unsaturated/α-hetero) is 1. The van der Waals surface area contributed by atoms with E-state index in [4.69, 9.17) is 9.47 Å². The van der Waals surface area contributed by atoms with Gasteiger partial charge in [0.25, 0.3) is 0 Å². The van der Waals surface area contributed by atoms with Crippen molar-refractivity contribution < 1.29 is 29.0 Å². The molecular formula is C18H21NO6. The molecule has 134 valence electrons. The maximum Gasteiger partial charge on any atom is 0.326 e. The van der Waals surface area contributed by atoms with Gasteiger partial charge in [0.1, 0.15) is 23.1 Å². The SMILES string of the molecule is COc1ccc2c(c1)OC1(CCC(=O)N(C(C)C(=O)O)CC1)CC2=O. The highest BCUT2D eigenvalue weighted by molar-refractivity contribution is 6.00. The van der Waals surface area contributed by atoms with Crippen LogP contribution in [0.25, 0.3) is 0 Å². The molecular weight excluding hydrogens is 326 g/mol. The van der Waals surface area contributed by atoms with Crippen LogP contribution in [-0.2, 0) is 9.59 Å². The Kier molecular flexibility index (Phi) is 4.41. The number of carboxylic acids is 1. The Hall–Kier alpha value is -2.57. The molecule has 1 fully saturated rings. The number of aliphatic carboxylic acids is 1. The van der Waals surface area contributed by atoms with Crippen LogP contribution in [0.3, 0.4) is 0 Å². The molecule has 1 amide bonds. The minimum Gasteiger partial charge on any atom is -0.497 e. The minimum atomic E-state index is -1.04. The van der Waals surface area contributed by atoms with Crippen molar-refractivity contribution in [3.63, 3.8) is 0 Å². The molecule has 2 atom stereocenters. The second kappa shape index (κ2) is 6.38. The van der Waals surface area contributed by atoms with Crippen molar-refractivity contribution in [1.29, 1.82) is 0 Å². The molecule has 7 heteroatoms. The number of hydrogen-bond acceptors (Lipinski definition) is 5. The molecule has 2 aliphatic rings. The normalized spacial score (nSPS) is 24.3. The molecule has 1 aromatic carbocycles. The fraction of sp³-hybridized carbons (Fsp3) is 0.500. The average Bonchev–Trinajstić information content (AvgIpc) is 2.73. The van der Waals surface area contributed by atoms with Crippen LogP contribution in [0.1, 0.15) is 43.0 Å². The van der Waals surface area contributed by atoms with Crippen molar-refractivity contribution in [2.24, 2.45) is 0 Å². The van der Waals surface area contributed by atoms with Crippen LogP contribution in [0.5, 0.6) is 11.5 Å². The third-order valence-corrected chi connectivity index (χ3v) is 5.05. The van der Waals surface area contributed by atoms with Gasteiger partial charge in [-0.2, -0.15) is 0 Å². The molecule has 25 heavy (non-hydrogen) atoms. The van der Waals surface area contributed by atoms with Crippen molar-refractivity contribution in [3.8, 4) is 11.5 Å². The third kappa shape index (κ3) is 3.18. The molecule has 2 aliphatic heterocycles. The summed E-state index contributed by atoms with van der Waals surface area (Å²) >= 11 is 0. The summed E-state index contributed by atoms with van der Waals surface area (Å²) in [4.78, 5) is 37.4. The molecule has 2 unspecified atom stereocenters. The van der Waals surface area contributed by atoms with Gasteiger partial charge < -0.3 is 19.5 Å². The summed E-state index contributed by atoms with van der Waals surface area (Å²) in [6.07, 6.45) is 1.15. The summed E-state index contributed by atoms with van der Waals surface area (Å²) in [6.45, 7) is 1.74.